The predicted molar refractivity (Wildman–Crippen MR) is 65.3 cm³/mol. The summed E-state index contributed by atoms with van der Waals surface area (Å²) in [7, 11) is 1.85. The van der Waals surface area contributed by atoms with E-state index in [1.807, 2.05) is 7.05 Å². The van der Waals surface area contributed by atoms with Gasteiger partial charge in [-0.15, -0.1) is 5.10 Å². The molecule has 96 valence electrons. The molecule has 0 unspecified atom stereocenters. The molecule has 2 N–H and O–H groups in total. The van der Waals surface area contributed by atoms with E-state index in [0.29, 0.717) is 6.54 Å². The van der Waals surface area contributed by atoms with E-state index in [9.17, 15) is 4.79 Å². The minimum Gasteiger partial charge on any atom is -0.352 e. The summed E-state index contributed by atoms with van der Waals surface area (Å²) < 4.78 is 1.56. The highest BCUT2D eigenvalue weighted by atomic mass is 16.2. The first-order valence-electron chi connectivity index (χ1n) is 6.02. The van der Waals surface area contributed by atoms with Crippen molar-refractivity contribution in [2.24, 2.45) is 0 Å². The van der Waals surface area contributed by atoms with Crippen LogP contribution in [0.5, 0.6) is 0 Å². The summed E-state index contributed by atoms with van der Waals surface area (Å²) in [5.74, 6) is -0.0143. The summed E-state index contributed by atoms with van der Waals surface area (Å²) in [6, 6.07) is 0.253. The Kier molecular flexibility index (Phi) is 5.62. The number of carbonyl (C=O) groups excluding carboxylic acids is 1. The molecule has 1 aromatic rings. The van der Waals surface area contributed by atoms with Gasteiger partial charge in [-0.1, -0.05) is 19.1 Å². The molecule has 0 spiro atoms. The van der Waals surface area contributed by atoms with E-state index >= 15 is 0 Å². The van der Waals surface area contributed by atoms with Gasteiger partial charge < -0.3 is 10.6 Å². The van der Waals surface area contributed by atoms with E-state index < -0.39 is 0 Å². The number of carbonyl (C=O) groups is 1. The normalized spacial score (nSPS) is 10.8. The molecule has 0 fully saturated rings. The van der Waals surface area contributed by atoms with Gasteiger partial charge >= 0.3 is 0 Å². The zero-order valence-electron chi connectivity index (χ0n) is 10.7. The molecule has 17 heavy (non-hydrogen) atoms. The summed E-state index contributed by atoms with van der Waals surface area (Å²) in [6.45, 7) is 5.02. The number of nitrogens with zero attached hydrogens (tertiary/aromatic N) is 3. The van der Waals surface area contributed by atoms with Gasteiger partial charge in [-0.25, -0.2) is 4.68 Å². The van der Waals surface area contributed by atoms with Gasteiger partial charge in [0.05, 0.1) is 11.9 Å². The monoisotopic (exact) mass is 239 g/mol. The molecule has 1 aromatic heterocycles. The highest BCUT2D eigenvalue weighted by Crippen LogP contribution is 1.97. The van der Waals surface area contributed by atoms with E-state index in [1.165, 1.54) is 0 Å². The van der Waals surface area contributed by atoms with Crippen molar-refractivity contribution in [1.29, 1.82) is 0 Å². The lowest BCUT2D eigenvalue weighted by Crippen LogP contribution is -2.36. The van der Waals surface area contributed by atoms with Gasteiger partial charge in [-0.3, -0.25) is 4.79 Å². The number of aromatic nitrogens is 3. The smallest absolute Gasteiger partial charge is 0.242 e. The zero-order valence-corrected chi connectivity index (χ0v) is 10.7. The molecular formula is C11H21N5O. The Hall–Kier alpha value is -1.43. The second-order valence-corrected chi connectivity index (χ2v) is 4.02. The highest BCUT2D eigenvalue weighted by molar-refractivity contribution is 5.75. The van der Waals surface area contributed by atoms with E-state index in [-0.39, 0.29) is 18.5 Å². The Bertz CT molecular complexity index is 345. The number of nitrogens with one attached hydrogen (secondary N) is 2. The molecule has 6 heteroatoms. The Morgan fingerprint density at radius 3 is 2.76 bits per heavy atom. The van der Waals surface area contributed by atoms with Crippen LogP contribution in [0.2, 0.25) is 0 Å². The molecule has 0 saturated carbocycles. The molecule has 6 nitrogen and oxygen atoms in total. The molecule has 0 aliphatic heterocycles. The van der Waals surface area contributed by atoms with Gasteiger partial charge in [0.15, 0.2) is 0 Å². The summed E-state index contributed by atoms with van der Waals surface area (Å²) >= 11 is 0. The fourth-order valence-corrected chi connectivity index (χ4v) is 1.59. The molecular weight excluding hydrogens is 218 g/mol. The third-order valence-corrected chi connectivity index (χ3v) is 2.60. The molecule has 0 bridgehead atoms. The molecule has 1 amide bonds. The Balaban J connectivity index is 2.44. The Morgan fingerprint density at radius 2 is 2.18 bits per heavy atom. The second-order valence-electron chi connectivity index (χ2n) is 4.02. The summed E-state index contributed by atoms with van der Waals surface area (Å²) in [4.78, 5) is 11.7. The van der Waals surface area contributed by atoms with Crippen LogP contribution < -0.4 is 10.6 Å². The maximum atomic E-state index is 11.7. The standard InChI is InChI=1S/C11H21N5O/c1-4-9(5-2)13-11(17)8-16-7-10(6-12-3)14-15-16/h7,9,12H,4-6,8H2,1-3H3,(H,13,17). The van der Waals surface area contributed by atoms with Gasteiger partial charge in [0.2, 0.25) is 5.91 Å². The predicted octanol–water partition coefficient (Wildman–Crippen LogP) is 0.302. The molecule has 0 atom stereocenters. The third kappa shape index (κ3) is 4.52. The van der Waals surface area contributed by atoms with E-state index in [4.69, 9.17) is 0 Å². The molecule has 0 aliphatic rings. The van der Waals surface area contributed by atoms with Gasteiger partial charge in [0.25, 0.3) is 0 Å². The fraction of sp³-hybridized carbons (Fsp3) is 0.727. The van der Waals surface area contributed by atoms with Crippen molar-refractivity contribution < 1.29 is 4.79 Å². The van der Waals surface area contributed by atoms with Crippen molar-refractivity contribution >= 4 is 5.91 Å². The van der Waals surface area contributed by atoms with Crippen molar-refractivity contribution in [3.05, 3.63) is 11.9 Å². The average molecular weight is 239 g/mol. The maximum Gasteiger partial charge on any atom is 0.242 e. The first-order valence-corrected chi connectivity index (χ1v) is 6.02. The van der Waals surface area contributed by atoms with Crippen molar-refractivity contribution in [2.45, 2.75) is 45.8 Å². The molecule has 0 aliphatic carbocycles. The van der Waals surface area contributed by atoms with Gasteiger partial charge in [0.1, 0.15) is 6.54 Å². The average Bonchev–Trinajstić information content (AvgIpc) is 2.74. The minimum atomic E-state index is -0.0143. The van der Waals surface area contributed by atoms with E-state index in [0.717, 1.165) is 18.5 Å². The zero-order chi connectivity index (χ0) is 12.7. The van der Waals surface area contributed by atoms with Crippen molar-refractivity contribution in [1.82, 2.24) is 25.6 Å². The van der Waals surface area contributed by atoms with Gasteiger partial charge in [-0.05, 0) is 19.9 Å². The topological polar surface area (TPSA) is 71.8 Å². The number of hydrogen-bond acceptors (Lipinski definition) is 4. The first kappa shape index (κ1) is 13.6. The summed E-state index contributed by atoms with van der Waals surface area (Å²) in [5.41, 5.74) is 0.836. The first-order chi connectivity index (χ1) is 8.19. The molecule has 1 rings (SSSR count). The Labute approximate surface area is 102 Å². The lowest BCUT2D eigenvalue weighted by molar-refractivity contribution is -0.122. The van der Waals surface area contributed by atoms with Crippen LogP contribution >= 0.6 is 0 Å². The molecule has 0 radical (unpaired) electrons. The SMILES string of the molecule is CCC(CC)NC(=O)Cn1cc(CNC)nn1. The minimum absolute atomic E-state index is 0.0143. The number of rotatable bonds is 7. The summed E-state index contributed by atoms with van der Waals surface area (Å²) in [6.07, 6.45) is 3.68. The van der Waals surface area contributed by atoms with Crippen LogP contribution in [0, 0.1) is 0 Å². The van der Waals surface area contributed by atoms with Crippen LogP contribution in [0.1, 0.15) is 32.4 Å². The molecule has 0 saturated heterocycles. The Morgan fingerprint density at radius 1 is 1.47 bits per heavy atom. The number of amides is 1. The maximum absolute atomic E-state index is 11.7. The second kappa shape index (κ2) is 7.01. The van der Waals surface area contributed by atoms with E-state index in [2.05, 4.69) is 34.8 Å². The van der Waals surface area contributed by atoms with Gasteiger partial charge in [-0.2, -0.15) is 0 Å². The van der Waals surface area contributed by atoms with Crippen LogP contribution in [-0.2, 0) is 17.9 Å². The van der Waals surface area contributed by atoms with Crippen molar-refractivity contribution in [3.63, 3.8) is 0 Å². The largest absolute Gasteiger partial charge is 0.352 e. The highest BCUT2D eigenvalue weighted by Gasteiger charge is 2.09. The van der Waals surface area contributed by atoms with Gasteiger partial charge in [0, 0.05) is 12.6 Å². The summed E-state index contributed by atoms with van der Waals surface area (Å²) in [5, 5.41) is 13.8. The third-order valence-electron chi connectivity index (χ3n) is 2.60. The molecule has 0 aromatic carbocycles. The quantitative estimate of drug-likeness (QED) is 0.718. The van der Waals surface area contributed by atoms with Crippen molar-refractivity contribution in [2.75, 3.05) is 7.05 Å². The van der Waals surface area contributed by atoms with Crippen LogP contribution in [0.3, 0.4) is 0 Å². The van der Waals surface area contributed by atoms with E-state index in [1.54, 1.807) is 10.9 Å². The van der Waals surface area contributed by atoms with Crippen LogP contribution in [0.4, 0.5) is 0 Å². The van der Waals surface area contributed by atoms with Crippen molar-refractivity contribution in [3.8, 4) is 0 Å². The molecule has 1 heterocycles. The lowest BCUT2D eigenvalue weighted by atomic mass is 10.2. The van der Waals surface area contributed by atoms with Crippen LogP contribution in [-0.4, -0.2) is 34.0 Å². The van der Waals surface area contributed by atoms with Crippen LogP contribution in [0.15, 0.2) is 6.20 Å². The van der Waals surface area contributed by atoms with Crippen LogP contribution in [0.25, 0.3) is 0 Å². The lowest BCUT2D eigenvalue weighted by Gasteiger charge is -2.14. The number of hydrogen-bond donors (Lipinski definition) is 2. The fourth-order valence-electron chi connectivity index (χ4n) is 1.59.